The van der Waals surface area contributed by atoms with Gasteiger partial charge in [0.2, 0.25) is 0 Å². The summed E-state index contributed by atoms with van der Waals surface area (Å²) in [7, 11) is 0. The second-order valence-corrected chi connectivity index (χ2v) is 8.35. The Morgan fingerprint density at radius 2 is 2.09 bits per heavy atom. The average Bonchev–Trinajstić information content (AvgIpc) is 3.06. The van der Waals surface area contributed by atoms with E-state index in [0.29, 0.717) is 11.8 Å². The second-order valence-electron chi connectivity index (χ2n) is 8.35. The minimum Gasteiger partial charge on any atom is -0.461 e. The molecule has 0 aromatic carbocycles. The van der Waals surface area contributed by atoms with Crippen LogP contribution in [0.25, 0.3) is 0 Å². The molecule has 2 aliphatic heterocycles. The molecule has 0 radical (unpaired) electrons. The third-order valence-electron chi connectivity index (χ3n) is 6.74. The number of nitrogens with zero attached hydrogens (tertiary/aromatic N) is 1. The molecule has 0 amide bonds. The maximum atomic E-state index is 12.4. The van der Waals surface area contributed by atoms with Crippen LogP contribution in [0.4, 0.5) is 0 Å². The van der Waals surface area contributed by atoms with Gasteiger partial charge < -0.3 is 9.64 Å². The van der Waals surface area contributed by atoms with E-state index < -0.39 is 0 Å². The number of fused-ring (bicyclic) bond motifs is 2. The van der Waals surface area contributed by atoms with Gasteiger partial charge in [0.15, 0.2) is 0 Å². The second kappa shape index (κ2) is 5.36. The maximum Gasteiger partial charge on any atom is 0.311 e. The molecular formula is C19H29NO2. The molecule has 0 aromatic rings. The number of esters is 1. The van der Waals surface area contributed by atoms with E-state index in [1.165, 1.54) is 32.1 Å². The quantitative estimate of drug-likeness (QED) is 0.578. The lowest BCUT2D eigenvalue weighted by Gasteiger charge is -2.46. The van der Waals surface area contributed by atoms with E-state index in [4.69, 9.17) is 4.74 Å². The van der Waals surface area contributed by atoms with Crippen molar-refractivity contribution in [2.24, 2.45) is 23.2 Å². The smallest absolute Gasteiger partial charge is 0.311 e. The SMILES string of the molecule is C[C@H]1CCC[C@]2(C)C[C@H]3OC(=O)[C@H](CN4CCCC4)[C@H]3C=C12. The molecule has 0 bridgehead atoms. The highest BCUT2D eigenvalue weighted by Crippen LogP contribution is 2.54. The van der Waals surface area contributed by atoms with E-state index in [1.54, 1.807) is 5.57 Å². The first-order chi connectivity index (χ1) is 10.6. The van der Waals surface area contributed by atoms with Crippen molar-refractivity contribution in [3.8, 4) is 0 Å². The fourth-order valence-corrected chi connectivity index (χ4v) is 5.50. The highest BCUT2D eigenvalue weighted by atomic mass is 16.6. The average molecular weight is 303 g/mol. The van der Waals surface area contributed by atoms with E-state index in [0.717, 1.165) is 26.1 Å². The van der Waals surface area contributed by atoms with Crippen molar-refractivity contribution in [2.45, 2.75) is 58.5 Å². The van der Waals surface area contributed by atoms with Crippen molar-refractivity contribution in [2.75, 3.05) is 19.6 Å². The molecule has 0 N–H and O–H groups in total. The summed E-state index contributed by atoms with van der Waals surface area (Å²) in [6, 6.07) is 0. The van der Waals surface area contributed by atoms with E-state index in [9.17, 15) is 4.79 Å². The van der Waals surface area contributed by atoms with E-state index >= 15 is 0 Å². The van der Waals surface area contributed by atoms with Crippen LogP contribution in [0.1, 0.15) is 52.4 Å². The van der Waals surface area contributed by atoms with E-state index in [-0.39, 0.29) is 23.4 Å². The number of rotatable bonds is 2. The summed E-state index contributed by atoms with van der Waals surface area (Å²) in [5, 5.41) is 0. The minimum atomic E-state index is 0.0636. The molecule has 122 valence electrons. The van der Waals surface area contributed by atoms with Crippen molar-refractivity contribution in [3.05, 3.63) is 11.6 Å². The molecule has 22 heavy (non-hydrogen) atoms. The van der Waals surface area contributed by atoms with Crippen LogP contribution in [0, 0.1) is 23.2 Å². The fourth-order valence-electron chi connectivity index (χ4n) is 5.50. The van der Waals surface area contributed by atoms with Gasteiger partial charge in [-0.3, -0.25) is 4.79 Å². The molecule has 2 saturated heterocycles. The molecule has 4 rings (SSSR count). The van der Waals surface area contributed by atoms with Crippen LogP contribution in [0.2, 0.25) is 0 Å². The lowest BCUT2D eigenvalue weighted by atomic mass is 9.59. The normalized spacial score (nSPS) is 45.2. The van der Waals surface area contributed by atoms with Gasteiger partial charge in [-0.25, -0.2) is 0 Å². The summed E-state index contributed by atoms with van der Waals surface area (Å²) in [5.41, 5.74) is 1.91. The zero-order valence-electron chi connectivity index (χ0n) is 14.0. The molecule has 4 aliphatic rings. The zero-order valence-corrected chi connectivity index (χ0v) is 14.0. The molecule has 0 aromatic heterocycles. The Kier molecular flexibility index (Phi) is 3.60. The molecule has 0 spiro atoms. The standard InChI is InChI=1S/C19H29NO2/c1-13-6-5-7-19(2)11-17-14(10-16(13)19)15(18(21)22-17)12-20-8-3-4-9-20/h10,13-15,17H,3-9,11-12H2,1-2H3/t13-,14+,15+,17+,19+/m0/s1. The van der Waals surface area contributed by atoms with Gasteiger partial charge in [-0.05, 0) is 56.5 Å². The highest BCUT2D eigenvalue weighted by molar-refractivity contribution is 5.76. The number of carbonyl (C=O) groups excluding carboxylic acids is 1. The van der Waals surface area contributed by atoms with Crippen molar-refractivity contribution in [1.82, 2.24) is 4.90 Å². The molecule has 2 aliphatic carbocycles. The first kappa shape index (κ1) is 14.7. The number of likely N-dealkylation sites (tertiary alicyclic amines) is 1. The molecule has 2 heterocycles. The lowest BCUT2D eigenvalue weighted by molar-refractivity contribution is -0.145. The number of allylic oxidation sites excluding steroid dienone is 1. The molecule has 3 nitrogen and oxygen atoms in total. The van der Waals surface area contributed by atoms with E-state index in [1.807, 2.05) is 0 Å². The summed E-state index contributed by atoms with van der Waals surface area (Å²) in [4.78, 5) is 14.9. The zero-order chi connectivity index (χ0) is 15.3. The monoisotopic (exact) mass is 303 g/mol. The van der Waals surface area contributed by atoms with Gasteiger partial charge >= 0.3 is 5.97 Å². The highest BCUT2D eigenvalue weighted by Gasteiger charge is 2.51. The van der Waals surface area contributed by atoms with Crippen LogP contribution in [-0.2, 0) is 9.53 Å². The summed E-state index contributed by atoms with van der Waals surface area (Å²) < 4.78 is 5.83. The molecular weight excluding hydrogens is 274 g/mol. The Hall–Kier alpha value is -0.830. The van der Waals surface area contributed by atoms with Gasteiger partial charge in [0, 0.05) is 12.5 Å². The Morgan fingerprint density at radius 1 is 1.32 bits per heavy atom. The van der Waals surface area contributed by atoms with E-state index in [2.05, 4.69) is 24.8 Å². The maximum absolute atomic E-state index is 12.4. The number of hydrogen-bond acceptors (Lipinski definition) is 3. The van der Waals surface area contributed by atoms with Crippen LogP contribution in [0.5, 0.6) is 0 Å². The Morgan fingerprint density at radius 3 is 2.86 bits per heavy atom. The van der Waals surface area contributed by atoms with Gasteiger partial charge in [-0.1, -0.05) is 31.9 Å². The lowest BCUT2D eigenvalue weighted by Crippen LogP contribution is -2.40. The van der Waals surface area contributed by atoms with Crippen molar-refractivity contribution < 1.29 is 9.53 Å². The van der Waals surface area contributed by atoms with Crippen molar-refractivity contribution in [3.63, 3.8) is 0 Å². The van der Waals surface area contributed by atoms with Crippen LogP contribution in [-0.4, -0.2) is 36.6 Å². The topological polar surface area (TPSA) is 29.5 Å². The van der Waals surface area contributed by atoms with Crippen LogP contribution in [0.15, 0.2) is 11.6 Å². The molecule has 3 heteroatoms. The van der Waals surface area contributed by atoms with Gasteiger partial charge in [0.25, 0.3) is 0 Å². The van der Waals surface area contributed by atoms with Gasteiger partial charge in [0.1, 0.15) is 6.10 Å². The Balaban J connectivity index is 1.59. The third-order valence-corrected chi connectivity index (χ3v) is 6.74. The van der Waals surface area contributed by atoms with Gasteiger partial charge in [0.05, 0.1) is 5.92 Å². The van der Waals surface area contributed by atoms with Crippen LogP contribution >= 0.6 is 0 Å². The summed E-state index contributed by atoms with van der Waals surface area (Å²) in [5.74, 6) is 1.16. The first-order valence-electron chi connectivity index (χ1n) is 9.22. The largest absolute Gasteiger partial charge is 0.461 e. The Labute approximate surface area is 134 Å². The predicted octanol–water partition coefficient (Wildman–Crippen LogP) is 3.40. The number of hydrogen-bond donors (Lipinski definition) is 0. The molecule has 5 atom stereocenters. The summed E-state index contributed by atoms with van der Waals surface area (Å²) in [6.45, 7) is 8.00. The summed E-state index contributed by atoms with van der Waals surface area (Å²) >= 11 is 0. The molecule has 0 unspecified atom stereocenters. The minimum absolute atomic E-state index is 0.0636. The predicted molar refractivity (Wildman–Crippen MR) is 86.4 cm³/mol. The molecule has 3 fully saturated rings. The van der Waals surface area contributed by atoms with Crippen molar-refractivity contribution >= 4 is 5.97 Å². The third kappa shape index (κ3) is 2.33. The summed E-state index contributed by atoms with van der Waals surface area (Å²) in [6.07, 6.45) is 10.1. The Bertz CT molecular complexity index is 494. The van der Waals surface area contributed by atoms with Crippen LogP contribution in [0.3, 0.4) is 0 Å². The van der Waals surface area contributed by atoms with Crippen molar-refractivity contribution in [1.29, 1.82) is 0 Å². The number of carbonyl (C=O) groups is 1. The molecule has 1 saturated carbocycles. The van der Waals surface area contributed by atoms with Gasteiger partial charge in [-0.2, -0.15) is 0 Å². The van der Waals surface area contributed by atoms with Crippen LogP contribution < -0.4 is 0 Å². The van der Waals surface area contributed by atoms with Gasteiger partial charge in [-0.15, -0.1) is 0 Å². The first-order valence-corrected chi connectivity index (χ1v) is 9.22. The fraction of sp³-hybridized carbons (Fsp3) is 0.842. The number of ether oxygens (including phenoxy) is 1.